The number of ether oxygens (including phenoxy) is 1. The first-order valence-corrected chi connectivity index (χ1v) is 3.58. The predicted molar refractivity (Wildman–Crippen MR) is 42.9 cm³/mol. The van der Waals surface area contributed by atoms with Crippen LogP contribution in [-0.4, -0.2) is 19.1 Å². The maximum atomic E-state index is 11.7. The summed E-state index contributed by atoms with van der Waals surface area (Å²) in [5.74, 6) is 0.0400. The van der Waals surface area contributed by atoms with Crippen LogP contribution in [0.3, 0.4) is 0 Å². The molecule has 0 unspecified atom stereocenters. The average molecular weight is 168 g/mol. The summed E-state index contributed by atoms with van der Waals surface area (Å²) >= 11 is 0. The van der Waals surface area contributed by atoms with Gasteiger partial charge in [0, 0.05) is 0 Å². The fourth-order valence-corrected chi connectivity index (χ4v) is 0.719. The number of ketones is 1. The normalized spacial score (nSPS) is 9.42. The summed E-state index contributed by atoms with van der Waals surface area (Å²) in [7, 11) is 0. The number of benzene rings is 1. The summed E-state index contributed by atoms with van der Waals surface area (Å²) in [6.45, 7) is -1.16. The standard InChI is InChI=1S/C9H9FO2/c10-6-8(11)7-12-9-4-2-1-3-5-9/h1-5H,6-7H2. The Bertz CT molecular complexity index is 246. The number of carbonyl (C=O) groups excluding carboxylic acids is 1. The highest BCUT2D eigenvalue weighted by Gasteiger charge is 2.00. The van der Waals surface area contributed by atoms with E-state index in [1.165, 1.54) is 0 Å². The van der Waals surface area contributed by atoms with Gasteiger partial charge in [0.2, 0.25) is 5.78 Å². The van der Waals surface area contributed by atoms with E-state index in [0.29, 0.717) is 5.75 Å². The fraction of sp³-hybridized carbons (Fsp3) is 0.222. The van der Waals surface area contributed by atoms with Crippen LogP contribution in [0.1, 0.15) is 0 Å². The van der Waals surface area contributed by atoms with Crippen LogP contribution in [-0.2, 0) is 4.79 Å². The molecule has 3 heteroatoms. The van der Waals surface area contributed by atoms with Gasteiger partial charge in [-0.15, -0.1) is 0 Å². The highest BCUT2D eigenvalue weighted by molar-refractivity contribution is 5.80. The highest BCUT2D eigenvalue weighted by Crippen LogP contribution is 2.07. The molecule has 1 aromatic rings. The second-order valence-corrected chi connectivity index (χ2v) is 2.27. The summed E-state index contributed by atoms with van der Waals surface area (Å²) in [5, 5.41) is 0. The van der Waals surface area contributed by atoms with E-state index in [2.05, 4.69) is 0 Å². The third-order valence-electron chi connectivity index (χ3n) is 1.29. The molecule has 1 rings (SSSR count). The molecular formula is C9H9FO2. The zero-order chi connectivity index (χ0) is 8.81. The Labute approximate surface area is 70.0 Å². The number of hydrogen-bond donors (Lipinski definition) is 0. The van der Waals surface area contributed by atoms with Crippen molar-refractivity contribution < 1.29 is 13.9 Å². The topological polar surface area (TPSA) is 26.3 Å². The molecule has 0 aliphatic rings. The van der Waals surface area contributed by atoms with Crippen LogP contribution in [0, 0.1) is 0 Å². The summed E-state index contributed by atoms with van der Waals surface area (Å²) in [6, 6.07) is 8.84. The Morgan fingerprint density at radius 3 is 2.58 bits per heavy atom. The number of hydrogen-bond acceptors (Lipinski definition) is 2. The van der Waals surface area contributed by atoms with E-state index >= 15 is 0 Å². The van der Waals surface area contributed by atoms with Gasteiger partial charge in [-0.25, -0.2) is 4.39 Å². The summed E-state index contributed by atoms with van der Waals surface area (Å²) < 4.78 is 16.6. The summed E-state index contributed by atoms with van der Waals surface area (Å²) in [4.78, 5) is 10.5. The van der Waals surface area contributed by atoms with Gasteiger partial charge in [0.1, 0.15) is 12.4 Å². The maximum Gasteiger partial charge on any atom is 0.201 e. The largest absolute Gasteiger partial charge is 0.486 e. The molecule has 12 heavy (non-hydrogen) atoms. The van der Waals surface area contributed by atoms with Gasteiger partial charge >= 0.3 is 0 Å². The molecule has 0 bridgehead atoms. The third kappa shape index (κ3) is 2.70. The lowest BCUT2D eigenvalue weighted by Crippen LogP contribution is -2.12. The molecule has 2 nitrogen and oxygen atoms in total. The van der Waals surface area contributed by atoms with E-state index in [-0.39, 0.29) is 6.61 Å². The first-order valence-electron chi connectivity index (χ1n) is 3.58. The van der Waals surface area contributed by atoms with Crippen molar-refractivity contribution in [3.63, 3.8) is 0 Å². The number of halogens is 1. The van der Waals surface area contributed by atoms with E-state index in [4.69, 9.17) is 4.74 Å². The molecule has 0 spiro atoms. The monoisotopic (exact) mass is 168 g/mol. The van der Waals surface area contributed by atoms with Crippen molar-refractivity contribution in [3.05, 3.63) is 30.3 Å². The first kappa shape index (κ1) is 8.71. The van der Waals surface area contributed by atoms with Gasteiger partial charge in [0.25, 0.3) is 0 Å². The van der Waals surface area contributed by atoms with Crippen molar-refractivity contribution in [2.75, 3.05) is 13.3 Å². The molecule has 0 aliphatic heterocycles. The van der Waals surface area contributed by atoms with Crippen molar-refractivity contribution in [1.82, 2.24) is 0 Å². The molecule has 0 fully saturated rings. The zero-order valence-electron chi connectivity index (χ0n) is 6.50. The minimum absolute atomic E-state index is 0.194. The van der Waals surface area contributed by atoms with E-state index in [0.717, 1.165) is 0 Å². The number of para-hydroxylation sites is 1. The third-order valence-corrected chi connectivity index (χ3v) is 1.29. The predicted octanol–water partition coefficient (Wildman–Crippen LogP) is 1.60. The van der Waals surface area contributed by atoms with Crippen LogP contribution in [0.4, 0.5) is 4.39 Å². The lowest BCUT2D eigenvalue weighted by Gasteiger charge is -2.01. The lowest BCUT2D eigenvalue weighted by atomic mass is 10.3. The van der Waals surface area contributed by atoms with Crippen LogP contribution in [0.15, 0.2) is 30.3 Å². The minimum Gasteiger partial charge on any atom is -0.486 e. The van der Waals surface area contributed by atoms with E-state index in [1.807, 2.05) is 6.07 Å². The second kappa shape index (κ2) is 4.49. The number of carbonyl (C=O) groups is 1. The van der Waals surface area contributed by atoms with Crippen LogP contribution in [0.25, 0.3) is 0 Å². The van der Waals surface area contributed by atoms with Crippen molar-refractivity contribution in [2.24, 2.45) is 0 Å². The molecular weight excluding hydrogens is 159 g/mol. The van der Waals surface area contributed by atoms with Crippen LogP contribution in [0.2, 0.25) is 0 Å². The van der Waals surface area contributed by atoms with Crippen molar-refractivity contribution in [3.8, 4) is 5.75 Å². The Hall–Kier alpha value is -1.38. The van der Waals surface area contributed by atoms with Gasteiger partial charge in [-0.2, -0.15) is 0 Å². The van der Waals surface area contributed by atoms with Crippen LogP contribution in [0.5, 0.6) is 5.75 Å². The van der Waals surface area contributed by atoms with Crippen molar-refractivity contribution >= 4 is 5.78 Å². The van der Waals surface area contributed by atoms with E-state index in [9.17, 15) is 9.18 Å². The molecule has 64 valence electrons. The Morgan fingerprint density at radius 1 is 1.33 bits per heavy atom. The molecule has 0 aromatic heterocycles. The van der Waals surface area contributed by atoms with Gasteiger partial charge in [-0.05, 0) is 12.1 Å². The van der Waals surface area contributed by atoms with E-state index in [1.54, 1.807) is 24.3 Å². The maximum absolute atomic E-state index is 11.7. The zero-order valence-corrected chi connectivity index (χ0v) is 6.50. The van der Waals surface area contributed by atoms with Gasteiger partial charge in [0.15, 0.2) is 6.67 Å². The second-order valence-electron chi connectivity index (χ2n) is 2.27. The Balaban J connectivity index is 2.38. The minimum atomic E-state index is -0.965. The molecule has 0 saturated heterocycles. The van der Waals surface area contributed by atoms with Gasteiger partial charge in [-0.3, -0.25) is 4.79 Å². The molecule has 1 aromatic carbocycles. The summed E-state index contributed by atoms with van der Waals surface area (Å²) in [6.07, 6.45) is 0. The van der Waals surface area contributed by atoms with Gasteiger partial charge in [0.05, 0.1) is 0 Å². The van der Waals surface area contributed by atoms with E-state index < -0.39 is 12.5 Å². The lowest BCUT2D eigenvalue weighted by molar-refractivity contribution is -0.121. The Morgan fingerprint density at radius 2 is 2.00 bits per heavy atom. The smallest absolute Gasteiger partial charge is 0.201 e. The number of rotatable bonds is 4. The molecule has 0 N–H and O–H groups in total. The average Bonchev–Trinajstić information content (AvgIpc) is 2.16. The molecule has 0 aliphatic carbocycles. The first-order chi connectivity index (χ1) is 5.83. The summed E-state index contributed by atoms with van der Waals surface area (Å²) in [5.41, 5.74) is 0. The molecule has 0 radical (unpaired) electrons. The Kier molecular flexibility index (Phi) is 3.26. The molecule has 0 saturated carbocycles. The quantitative estimate of drug-likeness (QED) is 0.682. The fourth-order valence-electron chi connectivity index (χ4n) is 0.719. The van der Waals surface area contributed by atoms with Gasteiger partial charge in [-0.1, -0.05) is 18.2 Å². The van der Waals surface area contributed by atoms with Crippen molar-refractivity contribution in [2.45, 2.75) is 0 Å². The highest BCUT2D eigenvalue weighted by atomic mass is 19.1. The number of alkyl halides is 1. The SMILES string of the molecule is O=C(CF)COc1ccccc1. The number of Topliss-reactive ketones (excluding diaryl/α,β-unsaturated/α-hetero) is 1. The van der Waals surface area contributed by atoms with Crippen LogP contribution < -0.4 is 4.74 Å². The molecule has 0 amide bonds. The van der Waals surface area contributed by atoms with Crippen LogP contribution >= 0.6 is 0 Å². The molecule has 0 heterocycles. The van der Waals surface area contributed by atoms with Gasteiger partial charge < -0.3 is 4.74 Å². The van der Waals surface area contributed by atoms with Crippen molar-refractivity contribution in [1.29, 1.82) is 0 Å². The molecule has 0 atom stereocenters.